The van der Waals surface area contributed by atoms with Crippen molar-refractivity contribution in [3.05, 3.63) is 69.7 Å². The Balaban J connectivity index is 2.57. The molecule has 0 aromatic heterocycles. The highest BCUT2D eigenvalue weighted by Gasteiger charge is 2.35. The molecule has 0 fully saturated rings. The SMILES string of the molecule is CNC(c1ccc(Cl)cc1C)c1ccccc1C(F)(F)F. The summed E-state index contributed by atoms with van der Waals surface area (Å²) in [6, 6.07) is 10.3. The third-order valence-corrected chi connectivity index (χ3v) is 3.64. The molecule has 1 atom stereocenters. The lowest BCUT2D eigenvalue weighted by Crippen LogP contribution is -2.22. The van der Waals surface area contributed by atoms with Crippen LogP contribution in [0.5, 0.6) is 0 Å². The highest BCUT2D eigenvalue weighted by atomic mass is 35.5. The number of alkyl halides is 3. The molecule has 0 saturated carbocycles. The van der Waals surface area contributed by atoms with Gasteiger partial charge in [0.25, 0.3) is 0 Å². The molecule has 2 rings (SSSR count). The van der Waals surface area contributed by atoms with Crippen molar-refractivity contribution in [3.63, 3.8) is 0 Å². The van der Waals surface area contributed by atoms with Gasteiger partial charge < -0.3 is 5.32 Å². The number of rotatable bonds is 3. The van der Waals surface area contributed by atoms with Crippen LogP contribution in [-0.2, 0) is 6.18 Å². The van der Waals surface area contributed by atoms with Gasteiger partial charge >= 0.3 is 6.18 Å². The molecular weight excluding hydrogens is 299 g/mol. The fourth-order valence-electron chi connectivity index (χ4n) is 2.45. The lowest BCUT2D eigenvalue weighted by Gasteiger charge is -2.23. The molecule has 2 aromatic rings. The first-order chi connectivity index (χ1) is 9.84. The zero-order chi connectivity index (χ0) is 15.6. The summed E-state index contributed by atoms with van der Waals surface area (Å²) in [5.74, 6) is 0. The van der Waals surface area contributed by atoms with Crippen LogP contribution in [0, 0.1) is 6.92 Å². The lowest BCUT2D eigenvalue weighted by atomic mass is 9.91. The van der Waals surface area contributed by atoms with Crippen molar-refractivity contribution in [1.29, 1.82) is 0 Å². The molecule has 0 spiro atoms. The highest BCUT2D eigenvalue weighted by Crippen LogP contribution is 2.37. The highest BCUT2D eigenvalue weighted by molar-refractivity contribution is 6.30. The molecule has 0 heterocycles. The van der Waals surface area contributed by atoms with Crippen molar-refractivity contribution in [1.82, 2.24) is 5.32 Å². The quantitative estimate of drug-likeness (QED) is 0.843. The van der Waals surface area contributed by atoms with E-state index in [0.29, 0.717) is 5.02 Å². The van der Waals surface area contributed by atoms with Gasteiger partial charge in [0.1, 0.15) is 0 Å². The van der Waals surface area contributed by atoms with Crippen LogP contribution in [0.25, 0.3) is 0 Å². The van der Waals surface area contributed by atoms with Crippen LogP contribution in [0.1, 0.15) is 28.3 Å². The second kappa shape index (κ2) is 6.08. The first-order valence-electron chi connectivity index (χ1n) is 6.44. The van der Waals surface area contributed by atoms with Gasteiger partial charge in [-0.15, -0.1) is 0 Å². The predicted octanol–water partition coefficient (Wildman–Crippen LogP) is 4.98. The molecule has 21 heavy (non-hydrogen) atoms. The van der Waals surface area contributed by atoms with E-state index in [1.54, 1.807) is 31.3 Å². The Morgan fingerprint density at radius 1 is 1.05 bits per heavy atom. The summed E-state index contributed by atoms with van der Waals surface area (Å²) in [4.78, 5) is 0. The largest absolute Gasteiger partial charge is 0.416 e. The summed E-state index contributed by atoms with van der Waals surface area (Å²) < 4.78 is 39.5. The van der Waals surface area contributed by atoms with Crippen LogP contribution < -0.4 is 5.32 Å². The minimum absolute atomic E-state index is 0.206. The number of benzene rings is 2. The molecule has 0 amide bonds. The predicted molar refractivity (Wildman–Crippen MR) is 78.5 cm³/mol. The summed E-state index contributed by atoms with van der Waals surface area (Å²) in [6.07, 6.45) is -4.38. The average molecular weight is 314 g/mol. The summed E-state index contributed by atoms with van der Waals surface area (Å²) in [5, 5.41) is 3.53. The second-order valence-electron chi connectivity index (χ2n) is 4.81. The lowest BCUT2D eigenvalue weighted by molar-refractivity contribution is -0.138. The molecule has 2 aromatic carbocycles. The molecule has 0 bridgehead atoms. The van der Waals surface area contributed by atoms with Crippen molar-refractivity contribution in [2.24, 2.45) is 0 Å². The van der Waals surface area contributed by atoms with E-state index >= 15 is 0 Å². The molecule has 0 aliphatic carbocycles. The Morgan fingerprint density at radius 3 is 2.29 bits per heavy atom. The van der Waals surface area contributed by atoms with Gasteiger partial charge in [-0.3, -0.25) is 0 Å². The van der Waals surface area contributed by atoms with E-state index in [1.165, 1.54) is 12.1 Å². The van der Waals surface area contributed by atoms with Gasteiger partial charge in [-0.2, -0.15) is 13.2 Å². The van der Waals surface area contributed by atoms with Crippen LogP contribution in [-0.4, -0.2) is 7.05 Å². The number of nitrogens with one attached hydrogen (secondary N) is 1. The van der Waals surface area contributed by atoms with E-state index in [2.05, 4.69) is 5.32 Å². The monoisotopic (exact) mass is 313 g/mol. The van der Waals surface area contributed by atoms with Crippen LogP contribution >= 0.6 is 11.6 Å². The van der Waals surface area contributed by atoms with Gasteiger partial charge in [0.15, 0.2) is 0 Å². The number of hydrogen-bond acceptors (Lipinski definition) is 1. The minimum atomic E-state index is -4.38. The van der Waals surface area contributed by atoms with Crippen LogP contribution in [0.4, 0.5) is 13.2 Å². The van der Waals surface area contributed by atoms with Gasteiger partial charge in [-0.25, -0.2) is 0 Å². The molecule has 1 N–H and O–H groups in total. The van der Waals surface area contributed by atoms with E-state index in [1.807, 2.05) is 6.92 Å². The first kappa shape index (κ1) is 15.9. The van der Waals surface area contributed by atoms with Crippen LogP contribution in [0.3, 0.4) is 0 Å². The van der Waals surface area contributed by atoms with E-state index in [4.69, 9.17) is 11.6 Å². The Bertz CT molecular complexity index is 638. The fourth-order valence-corrected chi connectivity index (χ4v) is 2.68. The smallest absolute Gasteiger partial charge is 0.309 e. The summed E-state index contributed by atoms with van der Waals surface area (Å²) in [6.45, 7) is 1.84. The van der Waals surface area contributed by atoms with E-state index in [-0.39, 0.29) is 5.56 Å². The van der Waals surface area contributed by atoms with Gasteiger partial charge in [0.05, 0.1) is 11.6 Å². The molecule has 0 aliphatic rings. The van der Waals surface area contributed by atoms with Crippen molar-refractivity contribution >= 4 is 11.6 Å². The van der Waals surface area contributed by atoms with Crippen molar-refractivity contribution in [2.45, 2.75) is 19.1 Å². The zero-order valence-electron chi connectivity index (χ0n) is 11.6. The average Bonchev–Trinajstić information content (AvgIpc) is 2.41. The second-order valence-corrected chi connectivity index (χ2v) is 5.24. The van der Waals surface area contributed by atoms with E-state index in [9.17, 15) is 13.2 Å². The molecule has 0 saturated heterocycles. The third kappa shape index (κ3) is 3.39. The van der Waals surface area contributed by atoms with Gasteiger partial charge in [0.2, 0.25) is 0 Å². The molecule has 112 valence electrons. The molecular formula is C16H15ClF3N. The number of halogens is 4. The van der Waals surface area contributed by atoms with Crippen molar-refractivity contribution in [3.8, 4) is 0 Å². The van der Waals surface area contributed by atoms with Gasteiger partial charge in [-0.1, -0.05) is 35.9 Å². The Hall–Kier alpha value is -1.52. The van der Waals surface area contributed by atoms with Crippen molar-refractivity contribution < 1.29 is 13.2 Å². The molecule has 0 aliphatic heterocycles. The molecule has 0 radical (unpaired) electrons. The zero-order valence-corrected chi connectivity index (χ0v) is 12.4. The molecule has 1 unspecified atom stereocenters. The summed E-state index contributed by atoms with van der Waals surface area (Å²) in [7, 11) is 1.64. The number of hydrogen-bond donors (Lipinski definition) is 1. The Morgan fingerprint density at radius 2 is 1.71 bits per heavy atom. The maximum absolute atomic E-state index is 13.2. The topological polar surface area (TPSA) is 12.0 Å². The maximum atomic E-state index is 13.2. The van der Waals surface area contributed by atoms with E-state index in [0.717, 1.165) is 17.2 Å². The standard InChI is InChI=1S/C16H15ClF3N/c1-10-9-11(17)7-8-12(10)15(21-2)13-5-3-4-6-14(13)16(18,19)20/h3-9,15,21H,1-2H3. The Labute approximate surface area is 126 Å². The maximum Gasteiger partial charge on any atom is 0.416 e. The minimum Gasteiger partial charge on any atom is -0.309 e. The number of aryl methyl sites for hydroxylation is 1. The fraction of sp³-hybridized carbons (Fsp3) is 0.250. The third-order valence-electron chi connectivity index (χ3n) is 3.41. The molecule has 5 heteroatoms. The summed E-state index contributed by atoms with van der Waals surface area (Å²) in [5.41, 5.74) is 1.20. The van der Waals surface area contributed by atoms with Crippen LogP contribution in [0.2, 0.25) is 5.02 Å². The van der Waals surface area contributed by atoms with Gasteiger partial charge in [0, 0.05) is 5.02 Å². The summed E-state index contributed by atoms with van der Waals surface area (Å²) >= 11 is 5.91. The Kier molecular flexibility index (Phi) is 4.59. The normalized spacial score (nSPS) is 13.2. The van der Waals surface area contributed by atoms with E-state index < -0.39 is 17.8 Å². The van der Waals surface area contributed by atoms with Gasteiger partial charge in [-0.05, 0) is 48.9 Å². The molecule has 1 nitrogen and oxygen atoms in total. The van der Waals surface area contributed by atoms with Crippen molar-refractivity contribution in [2.75, 3.05) is 7.05 Å². The first-order valence-corrected chi connectivity index (χ1v) is 6.82. The van der Waals surface area contributed by atoms with Crippen LogP contribution in [0.15, 0.2) is 42.5 Å².